The fourth-order valence-electron chi connectivity index (χ4n) is 2.11. The molecule has 0 saturated carbocycles. The lowest BCUT2D eigenvalue weighted by atomic mass is 10.0. The molecule has 2 aromatic carbocycles. The van der Waals surface area contributed by atoms with E-state index in [4.69, 9.17) is 4.74 Å². The lowest BCUT2D eigenvalue weighted by Crippen LogP contribution is -2.30. The van der Waals surface area contributed by atoms with Crippen LogP contribution in [0.3, 0.4) is 0 Å². The zero-order valence-corrected chi connectivity index (χ0v) is 12.7. The maximum Gasteiger partial charge on any atom is 0.265 e. The maximum atomic E-state index is 12.3. The van der Waals surface area contributed by atoms with Gasteiger partial charge in [0.1, 0.15) is 5.75 Å². The highest BCUT2D eigenvalue weighted by Crippen LogP contribution is 2.24. The first-order chi connectivity index (χ1) is 10.1. The van der Waals surface area contributed by atoms with Crippen molar-refractivity contribution < 1.29 is 9.53 Å². The van der Waals surface area contributed by atoms with Crippen molar-refractivity contribution in [2.45, 2.75) is 32.8 Å². The van der Waals surface area contributed by atoms with E-state index >= 15 is 0 Å². The Hall–Kier alpha value is -2.29. The molecule has 2 aromatic rings. The van der Waals surface area contributed by atoms with Crippen LogP contribution in [0.1, 0.15) is 32.3 Å². The summed E-state index contributed by atoms with van der Waals surface area (Å²) in [5, 5.41) is 2.95. The number of nitrogens with one attached hydrogen (secondary N) is 1. The SMILES string of the molecule is CC(C)c1ccccc1NC(=O)[C@@H](C)Oc1ccccc1. The molecule has 3 nitrogen and oxygen atoms in total. The molecular weight excluding hydrogens is 262 g/mol. The molecule has 110 valence electrons. The van der Waals surface area contributed by atoms with Crippen LogP contribution in [0.2, 0.25) is 0 Å². The van der Waals surface area contributed by atoms with Gasteiger partial charge in [-0.1, -0.05) is 50.2 Å². The second kappa shape index (κ2) is 6.93. The van der Waals surface area contributed by atoms with Crippen molar-refractivity contribution in [1.82, 2.24) is 0 Å². The summed E-state index contributed by atoms with van der Waals surface area (Å²) in [6.07, 6.45) is -0.549. The highest BCUT2D eigenvalue weighted by atomic mass is 16.5. The Morgan fingerprint density at radius 3 is 2.24 bits per heavy atom. The molecule has 1 N–H and O–H groups in total. The van der Waals surface area contributed by atoms with E-state index in [0.29, 0.717) is 11.7 Å². The van der Waals surface area contributed by atoms with Gasteiger partial charge < -0.3 is 10.1 Å². The monoisotopic (exact) mass is 283 g/mol. The van der Waals surface area contributed by atoms with Crippen molar-refractivity contribution in [3.05, 3.63) is 60.2 Å². The van der Waals surface area contributed by atoms with Gasteiger partial charge in [-0.2, -0.15) is 0 Å². The van der Waals surface area contributed by atoms with Gasteiger partial charge >= 0.3 is 0 Å². The quantitative estimate of drug-likeness (QED) is 0.892. The molecule has 0 aliphatic carbocycles. The summed E-state index contributed by atoms with van der Waals surface area (Å²) < 4.78 is 5.64. The predicted octanol–water partition coefficient (Wildman–Crippen LogP) is 4.22. The molecule has 0 spiro atoms. The van der Waals surface area contributed by atoms with Crippen LogP contribution in [-0.4, -0.2) is 12.0 Å². The molecule has 0 aromatic heterocycles. The van der Waals surface area contributed by atoms with Crippen molar-refractivity contribution in [2.75, 3.05) is 5.32 Å². The number of amides is 1. The zero-order chi connectivity index (χ0) is 15.2. The molecule has 2 rings (SSSR count). The smallest absolute Gasteiger partial charge is 0.265 e. The van der Waals surface area contributed by atoms with Gasteiger partial charge in [0.15, 0.2) is 6.10 Å². The van der Waals surface area contributed by atoms with E-state index in [9.17, 15) is 4.79 Å². The molecule has 1 atom stereocenters. The van der Waals surface area contributed by atoms with Gasteiger partial charge in [0, 0.05) is 5.69 Å². The van der Waals surface area contributed by atoms with E-state index in [1.54, 1.807) is 6.92 Å². The normalized spacial score (nSPS) is 12.0. The first-order valence-corrected chi connectivity index (χ1v) is 7.19. The van der Waals surface area contributed by atoms with Gasteiger partial charge in [-0.15, -0.1) is 0 Å². The van der Waals surface area contributed by atoms with Crippen molar-refractivity contribution in [3.63, 3.8) is 0 Å². The minimum atomic E-state index is -0.549. The Morgan fingerprint density at radius 2 is 1.57 bits per heavy atom. The van der Waals surface area contributed by atoms with Crippen LogP contribution in [0.4, 0.5) is 5.69 Å². The molecule has 3 heteroatoms. The third-order valence-corrected chi connectivity index (χ3v) is 3.27. The minimum absolute atomic E-state index is 0.146. The van der Waals surface area contributed by atoms with Crippen LogP contribution in [0.15, 0.2) is 54.6 Å². The second-order valence-corrected chi connectivity index (χ2v) is 5.30. The molecule has 0 heterocycles. The highest BCUT2D eigenvalue weighted by molar-refractivity contribution is 5.94. The van der Waals surface area contributed by atoms with E-state index < -0.39 is 6.10 Å². The molecule has 0 fully saturated rings. The van der Waals surface area contributed by atoms with Crippen molar-refractivity contribution in [1.29, 1.82) is 0 Å². The average Bonchev–Trinajstić information content (AvgIpc) is 2.48. The van der Waals surface area contributed by atoms with Crippen LogP contribution in [-0.2, 0) is 4.79 Å². The number of benzene rings is 2. The largest absolute Gasteiger partial charge is 0.481 e. The molecule has 0 bridgehead atoms. The fraction of sp³-hybridized carbons (Fsp3) is 0.278. The van der Waals surface area contributed by atoms with Crippen molar-refractivity contribution in [2.24, 2.45) is 0 Å². The van der Waals surface area contributed by atoms with Gasteiger partial charge in [-0.3, -0.25) is 4.79 Å². The lowest BCUT2D eigenvalue weighted by molar-refractivity contribution is -0.122. The van der Waals surface area contributed by atoms with Crippen molar-refractivity contribution >= 4 is 11.6 Å². The molecule has 0 aliphatic heterocycles. The molecule has 0 aliphatic rings. The molecular formula is C18H21NO2. The standard InChI is InChI=1S/C18H21NO2/c1-13(2)16-11-7-8-12-17(16)19-18(20)14(3)21-15-9-5-4-6-10-15/h4-14H,1-3H3,(H,19,20)/t14-/m1/s1. The first kappa shape index (κ1) is 15.1. The van der Waals surface area contributed by atoms with Gasteiger partial charge in [-0.05, 0) is 36.6 Å². The summed E-state index contributed by atoms with van der Waals surface area (Å²) >= 11 is 0. The molecule has 1 amide bonds. The summed E-state index contributed by atoms with van der Waals surface area (Å²) in [6, 6.07) is 17.2. The fourth-order valence-corrected chi connectivity index (χ4v) is 2.11. The number of carbonyl (C=O) groups excluding carboxylic acids is 1. The van der Waals surface area contributed by atoms with Crippen LogP contribution < -0.4 is 10.1 Å². The number of anilines is 1. The minimum Gasteiger partial charge on any atom is -0.481 e. The van der Waals surface area contributed by atoms with Crippen LogP contribution in [0.5, 0.6) is 5.75 Å². The number of para-hydroxylation sites is 2. The maximum absolute atomic E-state index is 12.3. The zero-order valence-electron chi connectivity index (χ0n) is 12.7. The molecule has 21 heavy (non-hydrogen) atoms. The third-order valence-electron chi connectivity index (χ3n) is 3.27. The highest BCUT2D eigenvalue weighted by Gasteiger charge is 2.16. The van der Waals surface area contributed by atoms with E-state index in [0.717, 1.165) is 11.3 Å². The third kappa shape index (κ3) is 4.09. The van der Waals surface area contributed by atoms with Crippen LogP contribution in [0, 0.1) is 0 Å². The first-order valence-electron chi connectivity index (χ1n) is 7.19. The van der Waals surface area contributed by atoms with E-state index in [1.807, 2.05) is 54.6 Å². The average molecular weight is 283 g/mol. The number of hydrogen-bond acceptors (Lipinski definition) is 2. The lowest BCUT2D eigenvalue weighted by Gasteiger charge is -2.17. The Balaban J connectivity index is 2.04. The van der Waals surface area contributed by atoms with E-state index in [2.05, 4.69) is 19.2 Å². The van der Waals surface area contributed by atoms with Gasteiger partial charge in [0.05, 0.1) is 0 Å². The summed E-state index contributed by atoms with van der Waals surface area (Å²) in [4.78, 5) is 12.3. The summed E-state index contributed by atoms with van der Waals surface area (Å²) in [6.45, 7) is 5.96. The molecule has 0 radical (unpaired) electrons. The van der Waals surface area contributed by atoms with Crippen LogP contribution >= 0.6 is 0 Å². The van der Waals surface area contributed by atoms with E-state index in [-0.39, 0.29) is 5.91 Å². The molecule has 0 unspecified atom stereocenters. The topological polar surface area (TPSA) is 38.3 Å². The Morgan fingerprint density at radius 1 is 0.952 bits per heavy atom. The predicted molar refractivity (Wildman–Crippen MR) is 85.7 cm³/mol. The summed E-state index contributed by atoms with van der Waals surface area (Å²) in [5.74, 6) is 0.899. The summed E-state index contributed by atoms with van der Waals surface area (Å²) in [5.41, 5.74) is 1.97. The Labute approximate surface area is 126 Å². The Kier molecular flexibility index (Phi) is 4.99. The van der Waals surface area contributed by atoms with E-state index in [1.165, 1.54) is 0 Å². The number of ether oxygens (including phenoxy) is 1. The second-order valence-electron chi connectivity index (χ2n) is 5.30. The number of hydrogen-bond donors (Lipinski definition) is 1. The van der Waals surface area contributed by atoms with Crippen molar-refractivity contribution in [3.8, 4) is 5.75 Å². The summed E-state index contributed by atoms with van der Waals surface area (Å²) in [7, 11) is 0. The van der Waals surface area contributed by atoms with Gasteiger partial charge in [0.2, 0.25) is 0 Å². The van der Waals surface area contributed by atoms with Gasteiger partial charge in [0.25, 0.3) is 5.91 Å². The number of rotatable bonds is 5. The van der Waals surface area contributed by atoms with Gasteiger partial charge in [-0.25, -0.2) is 0 Å². The number of carbonyl (C=O) groups is 1. The van der Waals surface area contributed by atoms with Crippen LogP contribution in [0.25, 0.3) is 0 Å². The Bertz CT molecular complexity index is 593. The molecule has 0 saturated heterocycles.